The number of hydrogen-bond donors (Lipinski definition) is 8. The molecule has 0 spiro atoms. The number of carbonyl (C=O) groups is 3. The van der Waals surface area contributed by atoms with Gasteiger partial charge >= 0.3 is 5.97 Å². The van der Waals surface area contributed by atoms with Crippen LogP contribution >= 0.6 is 0 Å². The summed E-state index contributed by atoms with van der Waals surface area (Å²) in [4.78, 5) is 39.2. The molecule has 0 bridgehead atoms. The van der Waals surface area contributed by atoms with Gasteiger partial charge in [-0.3, -0.25) is 9.59 Å². The molecule has 1 aliphatic carbocycles. The Morgan fingerprint density at radius 2 is 1.54 bits per heavy atom. The predicted octanol–water partition coefficient (Wildman–Crippen LogP) is -0.626. The van der Waals surface area contributed by atoms with Gasteiger partial charge < -0.3 is 55.1 Å². The van der Waals surface area contributed by atoms with Crippen LogP contribution in [0.3, 0.4) is 0 Å². The molecule has 14 heteroatoms. The molecule has 2 fully saturated rings. The number of rotatable bonds is 6. The molecule has 2 aliphatic rings. The topological polar surface area (TPSA) is 241 Å². The van der Waals surface area contributed by atoms with Gasteiger partial charge in [-0.15, -0.1) is 0 Å². The number of esters is 1. The lowest BCUT2D eigenvalue weighted by molar-refractivity contribution is -0.369. The van der Waals surface area contributed by atoms with Crippen molar-refractivity contribution in [1.82, 2.24) is 0 Å². The molecular formula is C27H36O14. The van der Waals surface area contributed by atoms with E-state index in [-0.39, 0.29) is 0 Å². The van der Waals surface area contributed by atoms with Crippen LogP contribution in [0, 0.1) is 10.8 Å². The smallest absolute Gasteiger partial charge is 0.338 e. The minimum absolute atomic E-state index is 0.393. The monoisotopic (exact) mass is 584 g/mol. The second kappa shape index (κ2) is 10.6. The van der Waals surface area contributed by atoms with Crippen molar-refractivity contribution in [3.63, 3.8) is 0 Å². The predicted molar refractivity (Wildman–Crippen MR) is 136 cm³/mol. The second-order valence-electron chi connectivity index (χ2n) is 11.9. The molecule has 1 saturated heterocycles. The van der Waals surface area contributed by atoms with E-state index < -0.39 is 105 Å². The van der Waals surface area contributed by atoms with E-state index in [0.717, 1.165) is 18.2 Å². The lowest BCUT2D eigenvalue weighted by Gasteiger charge is -2.52. The Morgan fingerprint density at radius 1 is 1.00 bits per heavy atom. The lowest BCUT2D eigenvalue weighted by atomic mass is 9.57. The zero-order valence-corrected chi connectivity index (χ0v) is 23.4. The fourth-order valence-corrected chi connectivity index (χ4v) is 4.88. The van der Waals surface area contributed by atoms with E-state index in [4.69, 9.17) is 14.2 Å². The van der Waals surface area contributed by atoms with Crippen LogP contribution in [-0.4, -0.2) is 107 Å². The Bertz CT molecular complexity index is 1240. The van der Waals surface area contributed by atoms with Crippen LogP contribution in [0.25, 0.3) is 0 Å². The van der Waals surface area contributed by atoms with Crippen LogP contribution < -0.4 is 0 Å². The number of aliphatic hydroxyl groups is 5. The number of phenols is 3. The van der Waals surface area contributed by atoms with E-state index in [1.54, 1.807) is 0 Å². The SMILES string of the molecule is CC(C)(O)C=C1C(=O)C(C)(C)C(=O)C(C)(C)[C@]1(O)O[C@H]1O[C@H](COC(=O)c2cc(O)c(O)c(O)c2)[C@@H](O)[C@H](O)[C@H]1O. The minimum Gasteiger partial charge on any atom is -0.504 e. The zero-order valence-electron chi connectivity index (χ0n) is 23.4. The highest BCUT2D eigenvalue weighted by Crippen LogP contribution is 2.51. The van der Waals surface area contributed by atoms with Gasteiger partial charge in [0.2, 0.25) is 5.79 Å². The molecule has 0 amide bonds. The molecule has 1 heterocycles. The maximum Gasteiger partial charge on any atom is 0.338 e. The Kier molecular flexibility index (Phi) is 8.39. The van der Waals surface area contributed by atoms with Gasteiger partial charge in [0.25, 0.3) is 0 Å². The van der Waals surface area contributed by atoms with Crippen molar-refractivity contribution >= 4 is 17.5 Å². The molecule has 41 heavy (non-hydrogen) atoms. The van der Waals surface area contributed by atoms with Gasteiger partial charge in [0.05, 0.1) is 27.6 Å². The van der Waals surface area contributed by atoms with Crippen molar-refractivity contribution in [2.75, 3.05) is 6.61 Å². The summed E-state index contributed by atoms with van der Waals surface area (Å²) in [5.41, 5.74) is -6.09. The summed E-state index contributed by atoms with van der Waals surface area (Å²) in [6, 6.07) is 1.60. The van der Waals surface area contributed by atoms with Crippen LogP contribution in [0.1, 0.15) is 51.9 Å². The summed E-state index contributed by atoms with van der Waals surface area (Å²) in [7, 11) is 0. The quantitative estimate of drug-likeness (QED) is 0.0683. The molecule has 0 aromatic heterocycles. The average molecular weight is 585 g/mol. The molecule has 3 rings (SSSR count). The van der Waals surface area contributed by atoms with Crippen molar-refractivity contribution in [2.45, 2.75) is 83.6 Å². The van der Waals surface area contributed by atoms with Crippen LogP contribution in [-0.2, 0) is 23.8 Å². The number of aromatic hydroxyl groups is 3. The molecule has 228 valence electrons. The van der Waals surface area contributed by atoms with Gasteiger partial charge in [-0.25, -0.2) is 4.79 Å². The maximum absolute atomic E-state index is 13.4. The highest BCUT2D eigenvalue weighted by Gasteiger charge is 2.66. The van der Waals surface area contributed by atoms with Crippen molar-refractivity contribution in [1.29, 1.82) is 0 Å². The number of phenolic OH excluding ortho intramolecular Hbond substituents is 3. The molecule has 1 aliphatic heterocycles. The molecule has 8 N–H and O–H groups in total. The number of aliphatic hydroxyl groups excluding tert-OH is 3. The molecule has 1 aromatic rings. The molecule has 1 aromatic carbocycles. The normalized spacial score (nSPS) is 32.7. The third-order valence-electron chi connectivity index (χ3n) is 7.30. The maximum atomic E-state index is 13.4. The number of carbonyl (C=O) groups excluding carboxylic acids is 3. The fourth-order valence-electron chi connectivity index (χ4n) is 4.88. The first-order valence-electron chi connectivity index (χ1n) is 12.6. The van der Waals surface area contributed by atoms with E-state index in [9.17, 15) is 55.2 Å². The highest BCUT2D eigenvalue weighted by molar-refractivity contribution is 6.19. The molecule has 6 atom stereocenters. The number of benzene rings is 1. The van der Waals surface area contributed by atoms with Crippen molar-refractivity contribution in [3.8, 4) is 17.2 Å². The first-order chi connectivity index (χ1) is 18.6. The van der Waals surface area contributed by atoms with Crippen molar-refractivity contribution in [2.24, 2.45) is 10.8 Å². The first-order valence-corrected chi connectivity index (χ1v) is 12.6. The van der Waals surface area contributed by atoms with E-state index in [0.29, 0.717) is 0 Å². The Balaban J connectivity index is 1.93. The van der Waals surface area contributed by atoms with Gasteiger partial charge in [0.1, 0.15) is 31.0 Å². The third kappa shape index (κ3) is 5.68. The Morgan fingerprint density at radius 3 is 2.05 bits per heavy atom. The second-order valence-corrected chi connectivity index (χ2v) is 11.9. The van der Waals surface area contributed by atoms with Crippen LogP contribution in [0.2, 0.25) is 0 Å². The highest BCUT2D eigenvalue weighted by atomic mass is 16.8. The van der Waals surface area contributed by atoms with E-state index in [2.05, 4.69) is 0 Å². The average Bonchev–Trinajstić information content (AvgIpc) is 2.87. The molecule has 0 unspecified atom stereocenters. The summed E-state index contributed by atoms with van der Waals surface area (Å²) in [6.07, 6.45) is -8.48. The van der Waals surface area contributed by atoms with E-state index in [1.165, 1.54) is 41.5 Å². The van der Waals surface area contributed by atoms with Gasteiger partial charge in [0, 0.05) is 0 Å². The van der Waals surface area contributed by atoms with Gasteiger partial charge in [-0.1, -0.05) is 0 Å². The van der Waals surface area contributed by atoms with E-state index in [1.807, 2.05) is 0 Å². The van der Waals surface area contributed by atoms with Crippen molar-refractivity contribution in [3.05, 3.63) is 29.3 Å². The zero-order chi connectivity index (χ0) is 31.5. The van der Waals surface area contributed by atoms with Crippen LogP contribution in [0.5, 0.6) is 17.2 Å². The summed E-state index contributed by atoms with van der Waals surface area (Å²) in [6.45, 7) is 7.10. The number of ether oxygens (including phenoxy) is 3. The van der Waals surface area contributed by atoms with Gasteiger partial charge in [0.15, 0.2) is 35.1 Å². The molecular weight excluding hydrogens is 548 g/mol. The number of Topliss-reactive ketones (excluding diaryl/α,β-unsaturated/α-hetero) is 2. The summed E-state index contributed by atoms with van der Waals surface area (Å²) >= 11 is 0. The molecule has 14 nitrogen and oxygen atoms in total. The lowest BCUT2D eigenvalue weighted by Crippen LogP contribution is -2.68. The van der Waals surface area contributed by atoms with Gasteiger partial charge in [-0.05, 0) is 59.8 Å². The Labute approximate surface area is 235 Å². The van der Waals surface area contributed by atoms with Crippen molar-refractivity contribution < 1.29 is 69.4 Å². The molecule has 0 radical (unpaired) electrons. The number of ketones is 2. The fraction of sp³-hybridized carbons (Fsp3) is 0.593. The molecule has 1 saturated carbocycles. The largest absolute Gasteiger partial charge is 0.504 e. The number of hydrogen-bond acceptors (Lipinski definition) is 14. The first kappa shape index (κ1) is 32.4. The van der Waals surface area contributed by atoms with Crippen LogP contribution in [0.15, 0.2) is 23.8 Å². The third-order valence-corrected chi connectivity index (χ3v) is 7.30. The van der Waals surface area contributed by atoms with Gasteiger partial charge in [-0.2, -0.15) is 0 Å². The standard InChI is InChI=1S/C27H36O14/c1-24(2,37)9-12-20(34)25(3,4)23(36)26(5,6)27(12,38)41-22-19(33)18(32)17(31)15(40-22)10-39-21(35)11-7-13(28)16(30)14(29)8-11/h7-9,15,17-19,22,28-33,37-38H,10H2,1-6H3/t15-,17-,18+,19-,22-,27-/m1/s1. The minimum atomic E-state index is -2.81. The summed E-state index contributed by atoms with van der Waals surface area (Å²) in [5, 5.41) is 82.5. The summed E-state index contributed by atoms with van der Waals surface area (Å²) < 4.78 is 16.2. The summed E-state index contributed by atoms with van der Waals surface area (Å²) in [5.74, 6) is -8.07. The van der Waals surface area contributed by atoms with Crippen LogP contribution in [0.4, 0.5) is 0 Å². The Hall–Kier alpha value is -3.11. The van der Waals surface area contributed by atoms with E-state index >= 15 is 0 Å².